The van der Waals surface area contributed by atoms with Gasteiger partial charge >= 0.3 is 5.97 Å². The predicted molar refractivity (Wildman–Crippen MR) is 140 cm³/mol. The molecule has 0 aliphatic heterocycles. The molecule has 0 saturated heterocycles. The minimum absolute atomic E-state index is 0.156. The summed E-state index contributed by atoms with van der Waals surface area (Å²) in [5.41, 5.74) is 2.68. The van der Waals surface area contributed by atoms with Crippen LogP contribution in [0.4, 0.5) is 0 Å². The lowest BCUT2D eigenvalue weighted by Gasteiger charge is -2.16. The lowest BCUT2D eigenvalue weighted by Crippen LogP contribution is -2.41. The molecule has 1 atom stereocenters. The van der Waals surface area contributed by atoms with E-state index in [4.69, 9.17) is 0 Å². The highest BCUT2D eigenvalue weighted by Crippen LogP contribution is 2.26. The van der Waals surface area contributed by atoms with Gasteiger partial charge in [-0.25, -0.2) is 4.79 Å². The highest BCUT2D eigenvalue weighted by atomic mass is 32.2. The molecule has 2 aromatic carbocycles. The lowest BCUT2D eigenvalue weighted by molar-refractivity contribution is -0.139. The summed E-state index contributed by atoms with van der Waals surface area (Å²) in [6.45, 7) is 0.237. The van der Waals surface area contributed by atoms with Gasteiger partial charge in [0.05, 0.1) is 11.6 Å². The van der Waals surface area contributed by atoms with Gasteiger partial charge in [-0.2, -0.15) is 20.3 Å². The van der Waals surface area contributed by atoms with E-state index in [0.717, 1.165) is 16.2 Å². The first kappa shape index (κ1) is 27.3. The number of aromatic nitrogens is 1. The van der Waals surface area contributed by atoms with Crippen LogP contribution in [0.3, 0.4) is 0 Å². The molecule has 34 heavy (non-hydrogen) atoms. The molecular formula is C24H25N3O4S3. The van der Waals surface area contributed by atoms with E-state index >= 15 is 0 Å². The number of carbonyl (C=O) groups is 2. The van der Waals surface area contributed by atoms with Crippen molar-refractivity contribution in [3.05, 3.63) is 84.1 Å². The first-order valence-corrected chi connectivity index (χ1v) is 12.8. The quantitative estimate of drug-likeness (QED) is 0.361. The highest BCUT2D eigenvalue weighted by Gasteiger charge is 2.22. The van der Waals surface area contributed by atoms with Crippen molar-refractivity contribution in [3.8, 4) is 11.1 Å². The van der Waals surface area contributed by atoms with E-state index in [1.165, 1.54) is 11.8 Å². The number of amides is 1. The highest BCUT2D eigenvalue weighted by molar-refractivity contribution is 7.98. The molecule has 1 unspecified atom stereocenters. The lowest BCUT2D eigenvalue weighted by atomic mass is 9.96. The number of thiol groups is 1. The molecule has 0 saturated carbocycles. The van der Waals surface area contributed by atoms with Crippen molar-refractivity contribution in [2.24, 2.45) is 4.36 Å². The summed E-state index contributed by atoms with van der Waals surface area (Å²) in [6.07, 6.45) is 3.95. The Kier molecular flexibility index (Phi) is 12.1. The standard InChI is InChI=1S/C19H20N2O4S2.C5H5NS/c1-26-10-9-17(19(23)24)21-18(22)15-8-7-13(12-20-27-25)11-16(15)14-5-3-2-4-6-14;7-5-3-1-2-4-6-5/h2-8,11,17H,9-10,12H2,1H3,(H,21,22)(H,23,24);1-4H,(H,6,7). The van der Waals surface area contributed by atoms with Gasteiger partial charge in [0.1, 0.15) is 6.04 Å². The second-order valence-electron chi connectivity index (χ2n) is 6.94. The Morgan fingerprint density at radius 3 is 2.41 bits per heavy atom. The second kappa shape index (κ2) is 15.0. The zero-order valence-electron chi connectivity index (χ0n) is 18.5. The van der Waals surface area contributed by atoms with Crippen molar-refractivity contribution < 1.29 is 18.9 Å². The van der Waals surface area contributed by atoms with Gasteiger partial charge in [0.25, 0.3) is 5.91 Å². The SMILES string of the molecule is CSCCC(NC(=O)c1ccc(CN=S=O)cc1-c1ccccc1)C(=O)O.Sc1ccccn1. The summed E-state index contributed by atoms with van der Waals surface area (Å²) in [4.78, 5) is 28.1. The van der Waals surface area contributed by atoms with E-state index in [1.54, 1.807) is 18.3 Å². The molecule has 2 N–H and O–H groups in total. The van der Waals surface area contributed by atoms with Gasteiger partial charge in [-0.3, -0.25) is 9.78 Å². The third kappa shape index (κ3) is 9.12. The monoisotopic (exact) mass is 515 g/mol. The van der Waals surface area contributed by atoms with Crippen LogP contribution < -0.4 is 5.32 Å². The minimum Gasteiger partial charge on any atom is -0.480 e. The Labute approximate surface area is 212 Å². The number of thioether (sulfide) groups is 1. The van der Waals surface area contributed by atoms with E-state index in [9.17, 15) is 18.9 Å². The maximum Gasteiger partial charge on any atom is 0.326 e. The third-order valence-electron chi connectivity index (χ3n) is 4.58. The third-order valence-corrected chi connectivity index (χ3v) is 5.72. The molecule has 10 heteroatoms. The molecule has 3 rings (SSSR count). The van der Waals surface area contributed by atoms with E-state index in [-0.39, 0.29) is 18.0 Å². The minimum atomic E-state index is -1.05. The van der Waals surface area contributed by atoms with Crippen molar-refractivity contribution in [2.45, 2.75) is 24.0 Å². The molecular weight excluding hydrogens is 490 g/mol. The zero-order chi connectivity index (χ0) is 24.8. The van der Waals surface area contributed by atoms with Crippen LogP contribution in [0.5, 0.6) is 0 Å². The molecule has 0 bridgehead atoms. The van der Waals surface area contributed by atoms with Gasteiger partial charge < -0.3 is 10.4 Å². The number of nitrogens with zero attached hydrogens (tertiary/aromatic N) is 2. The largest absolute Gasteiger partial charge is 0.480 e. The Bertz CT molecular complexity index is 1120. The summed E-state index contributed by atoms with van der Waals surface area (Å²) >= 11 is 5.66. The van der Waals surface area contributed by atoms with E-state index < -0.39 is 17.9 Å². The van der Waals surface area contributed by atoms with Gasteiger partial charge in [0.15, 0.2) is 11.5 Å². The van der Waals surface area contributed by atoms with Crippen molar-refractivity contribution in [2.75, 3.05) is 12.0 Å². The van der Waals surface area contributed by atoms with Crippen LogP contribution in [0.1, 0.15) is 22.3 Å². The Hall–Kier alpha value is -2.95. The summed E-state index contributed by atoms with van der Waals surface area (Å²) in [7, 11) is 0. The number of carboxylic acids is 1. The number of pyridine rings is 1. The summed E-state index contributed by atoms with van der Waals surface area (Å²) in [6, 6.07) is 19.2. The molecule has 1 aromatic heterocycles. The fourth-order valence-corrected chi connectivity index (χ4v) is 3.75. The first-order chi connectivity index (χ1) is 16.5. The molecule has 1 amide bonds. The summed E-state index contributed by atoms with van der Waals surface area (Å²) < 4.78 is 14.3. The zero-order valence-corrected chi connectivity index (χ0v) is 21.0. The van der Waals surface area contributed by atoms with Gasteiger partial charge in [-0.05, 0) is 59.4 Å². The summed E-state index contributed by atoms with van der Waals surface area (Å²) in [5.74, 6) is -0.860. The molecule has 7 nitrogen and oxygen atoms in total. The van der Waals surface area contributed by atoms with E-state index in [1.807, 2.05) is 60.9 Å². The number of rotatable bonds is 9. The molecule has 0 aliphatic rings. The number of hydrogen-bond donors (Lipinski definition) is 3. The van der Waals surface area contributed by atoms with Crippen LogP contribution in [-0.4, -0.2) is 44.2 Å². The molecule has 0 radical (unpaired) electrons. The number of benzene rings is 2. The topological polar surface area (TPSA) is 109 Å². The van der Waals surface area contributed by atoms with Crippen molar-refractivity contribution in [3.63, 3.8) is 0 Å². The molecule has 0 spiro atoms. The molecule has 0 fully saturated rings. The predicted octanol–water partition coefficient (Wildman–Crippen LogP) is 4.56. The normalized spacial score (nSPS) is 10.9. The van der Waals surface area contributed by atoms with Gasteiger partial charge in [0.2, 0.25) is 0 Å². The average Bonchev–Trinajstić information content (AvgIpc) is 2.86. The average molecular weight is 516 g/mol. The Morgan fingerprint density at radius 2 is 1.85 bits per heavy atom. The molecule has 178 valence electrons. The fraction of sp³-hybridized carbons (Fsp3) is 0.208. The van der Waals surface area contributed by atoms with Crippen LogP contribution in [0.25, 0.3) is 11.1 Å². The van der Waals surface area contributed by atoms with Crippen LogP contribution in [0.2, 0.25) is 0 Å². The molecule has 0 aliphatic carbocycles. The van der Waals surface area contributed by atoms with E-state index in [0.29, 0.717) is 23.3 Å². The first-order valence-electron chi connectivity index (χ1n) is 10.2. The number of hydrogen-bond acceptors (Lipinski definition) is 7. The number of carboxylic acid groups (broad SMARTS) is 1. The molecule has 1 heterocycles. The Morgan fingerprint density at radius 1 is 1.12 bits per heavy atom. The fourth-order valence-electron chi connectivity index (χ4n) is 2.93. The number of aliphatic carboxylic acids is 1. The maximum absolute atomic E-state index is 12.8. The van der Waals surface area contributed by atoms with Crippen molar-refractivity contribution in [1.82, 2.24) is 10.3 Å². The smallest absolute Gasteiger partial charge is 0.326 e. The van der Waals surface area contributed by atoms with Crippen LogP contribution >= 0.6 is 24.4 Å². The summed E-state index contributed by atoms with van der Waals surface area (Å²) in [5, 5.41) is 12.7. The molecule has 3 aromatic rings. The van der Waals surface area contributed by atoms with Gasteiger partial charge in [-0.15, -0.1) is 12.6 Å². The van der Waals surface area contributed by atoms with Gasteiger partial charge in [-0.1, -0.05) is 42.5 Å². The number of nitrogens with one attached hydrogen (secondary N) is 1. The van der Waals surface area contributed by atoms with Gasteiger partial charge in [0, 0.05) is 11.8 Å². The van der Waals surface area contributed by atoms with Crippen molar-refractivity contribution in [1.29, 1.82) is 0 Å². The number of carbonyl (C=O) groups excluding carboxylic acids is 1. The van der Waals surface area contributed by atoms with E-state index in [2.05, 4.69) is 27.3 Å². The van der Waals surface area contributed by atoms with Crippen LogP contribution in [0, 0.1) is 0 Å². The van der Waals surface area contributed by atoms with Crippen LogP contribution in [0.15, 0.2) is 82.3 Å². The maximum atomic E-state index is 12.8. The van der Waals surface area contributed by atoms with Crippen LogP contribution in [-0.2, 0) is 22.8 Å². The van der Waals surface area contributed by atoms with Crippen molar-refractivity contribution >= 4 is 47.7 Å². The Balaban J connectivity index is 0.000000497. The second-order valence-corrected chi connectivity index (χ2v) is 8.79.